The molecule has 0 fully saturated rings. The van der Waals surface area contributed by atoms with Crippen LogP contribution in [0.15, 0.2) is 54.6 Å². The van der Waals surface area contributed by atoms with Gasteiger partial charge in [0.2, 0.25) is 5.12 Å². The van der Waals surface area contributed by atoms with Crippen LogP contribution in [0.3, 0.4) is 0 Å². The highest BCUT2D eigenvalue weighted by atomic mass is 32.2. The van der Waals surface area contributed by atoms with E-state index in [-0.39, 0.29) is 5.12 Å². The average Bonchev–Trinajstić information content (AvgIpc) is 2.56. The second-order valence-corrected chi connectivity index (χ2v) is 7.68. The van der Waals surface area contributed by atoms with Crippen LogP contribution < -0.4 is 0 Å². The molecule has 0 bridgehead atoms. The van der Waals surface area contributed by atoms with Crippen LogP contribution in [0, 0.1) is 0 Å². The summed E-state index contributed by atoms with van der Waals surface area (Å²) in [5.74, 6) is 0. The van der Waals surface area contributed by atoms with E-state index in [1.165, 1.54) is 11.8 Å². The van der Waals surface area contributed by atoms with E-state index < -0.39 is 11.7 Å². The average molecular weight is 338 g/mol. The number of carbonyl (C=O) groups is 1. The topological polar surface area (TPSA) is 26.3 Å². The SMILES string of the molecule is CSC(=O)[C@H](OC(C)(C)C)c1c2ccccc2cc2ccccc12. The number of carbonyl (C=O) groups excluding carboxylic acids is 1. The molecule has 2 nitrogen and oxygen atoms in total. The molecule has 0 radical (unpaired) electrons. The Kier molecular flexibility index (Phi) is 4.66. The molecule has 3 aromatic rings. The largest absolute Gasteiger partial charge is 0.359 e. The van der Waals surface area contributed by atoms with Gasteiger partial charge in [0, 0.05) is 5.56 Å². The highest BCUT2D eigenvalue weighted by molar-refractivity contribution is 8.13. The Labute approximate surface area is 147 Å². The predicted molar refractivity (Wildman–Crippen MR) is 104 cm³/mol. The first-order valence-corrected chi connectivity index (χ1v) is 9.29. The smallest absolute Gasteiger partial charge is 0.222 e. The van der Waals surface area contributed by atoms with Crippen LogP contribution in [0.4, 0.5) is 0 Å². The fraction of sp³-hybridized carbons (Fsp3) is 0.286. The first kappa shape index (κ1) is 17.0. The lowest BCUT2D eigenvalue weighted by atomic mass is 9.93. The lowest BCUT2D eigenvalue weighted by molar-refractivity contribution is -0.131. The van der Waals surface area contributed by atoms with Gasteiger partial charge in [0.15, 0.2) is 6.10 Å². The van der Waals surface area contributed by atoms with Crippen molar-refractivity contribution in [3.05, 3.63) is 60.2 Å². The Balaban J connectivity index is 2.35. The van der Waals surface area contributed by atoms with Gasteiger partial charge in [0.05, 0.1) is 5.60 Å². The summed E-state index contributed by atoms with van der Waals surface area (Å²) in [6.45, 7) is 5.96. The molecule has 0 heterocycles. The maximum absolute atomic E-state index is 12.7. The van der Waals surface area contributed by atoms with E-state index in [0.717, 1.165) is 27.1 Å². The fourth-order valence-electron chi connectivity index (χ4n) is 3.02. The van der Waals surface area contributed by atoms with Crippen LogP contribution in [0.2, 0.25) is 0 Å². The molecule has 0 N–H and O–H groups in total. The van der Waals surface area contributed by atoms with Crippen molar-refractivity contribution < 1.29 is 9.53 Å². The predicted octanol–water partition coefficient (Wildman–Crippen LogP) is 5.74. The molecular weight excluding hydrogens is 316 g/mol. The van der Waals surface area contributed by atoms with Gasteiger partial charge in [0.25, 0.3) is 0 Å². The third-order valence-corrected chi connectivity index (χ3v) is 4.58. The summed E-state index contributed by atoms with van der Waals surface area (Å²) in [5, 5.41) is 4.44. The van der Waals surface area contributed by atoms with Crippen molar-refractivity contribution in [1.29, 1.82) is 0 Å². The zero-order valence-corrected chi connectivity index (χ0v) is 15.3. The van der Waals surface area contributed by atoms with E-state index >= 15 is 0 Å². The van der Waals surface area contributed by atoms with Crippen molar-refractivity contribution in [1.82, 2.24) is 0 Å². The molecule has 0 saturated carbocycles. The van der Waals surface area contributed by atoms with Crippen molar-refractivity contribution in [3.8, 4) is 0 Å². The third kappa shape index (κ3) is 3.33. The summed E-state index contributed by atoms with van der Waals surface area (Å²) < 4.78 is 6.22. The van der Waals surface area contributed by atoms with Crippen molar-refractivity contribution in [2.45, 2.75) is 32.5 Å². The zero-order chi connectivity index (χ0) is 17.3. The third-order valence-electron chi connectivity index (χ3n) is 3.96. The molecule has 0 amide bonds. The maximum atomic E-state index is 12.7. The van der Waals surface area contributed by atoms with Crippen LogP contribution in [0.1, 0.15) is 32.4 Å². The molecule has 0 unspecified atom stereocenters. The number of rotatable bonds is 3. The van der Waals surface area contributed by atoms with Gasteiger partial charge in [-0.15, -0.1) is 0 Å². The standard InChI is InChI=1S/C21H22O2S/c1-21(2,3)23-19(20(22)24-4)18-16-11-7-5-9-14(16)13-15-10-6-8-12-17(15)18/h5-13,19H,1-4H3/t19-/m1/s1. The molecule has 24 heavy (non-hydrogen) atoms. The number of thioether (sulfide) groups is 1. The molecular formula is C21H22O2S. The zero-order valence-electron chi connectivity index (χ0n) is 14.5. The van der Waals surface area contributed by atoms with Crippen molar-refractivity contribution in [2.75, 3.05) is 6.26 Å². The van der Waals surface area contributed by atoms with Crippen LogP contribution in [-0.4, -0.2) is 17.0 Å². The first-order valence-electron chi connectivity index (χ1n) is 8.07. The maximum Gasteiger partial charge on any atom is 0.222 e. The van der Waals surface area contributed by atoms with E-state index in [0.29, 0.717) is 0 Å². The van der Waals surface area contributed by atoms with Crippen LogP contribution >= 0.6 is 11.8 Å². The van der Waals surface area contributed by atoms with Gasteiger partial charge < -0.3 is 4.74 Å². The minimum Gasteiger partial charge on any atom is -0.359 e. The van der Waals surface area contributed by atoms with E-state index in [1.807, 2.05) is 51.3 Å². The van der Waals surface area contributed by atoms with Gasteiger partial charge >= 0.3 is 0 Å². The molecule has 3 aromatic carbocycles. The van der Waals surface area contributed by atoms with Crippen LogP contribution in [-0.2, 0) is 9.53 Å². The molecule has 3 rings (SSSR count). The second kappa shape index (κ2) is 6.58. The first-order chi connectivity index (χ1) is 11.4. The molecule has 0 aromatic heterocycles. The van der Waals surface area contributed by atoms with Gasteiger partial charge in [-0.1, -0.05) is 60.3 Å². The van der Waals surface area contributed by atoms with Crippen molar-refractivity contribution >= 4 is 38.4 Å². The van der Waals surface area contributed by atoms with E-state index in [4.69, 9.17) is 4.74 Å². The normalized spacial score (nSPS) is 13.3. The highest BCUT2D eigenvalue weighted by Gasteiger charge is 2.29. The Bertz CT molecular complexity index is 839. The monoisotopic (exact) mass is 338 g/mol. The molecule has 3 heteroatoms. The molecule has 124 valence electrons. The summed E-state index contributed by atoms with van der Waals surface area (Å²) in [7, 11) is 0. The molecule has 0 aliphatic rings. The van der Waals surface area contributed by atoms with E-state index in [1.54, 1.807) is 0 Å². The quantitative estimate of drug-likeness (QED) is 0.570. The molecule has 0 spiro atoms. The number of benzene rings is 3. The number of hydrogen-bond donors (Lipinski definition) is 0. The molecule has 0 aliphatic carbocycles. The van der Waals surface area contributed by atoms with Crippen LogP contribution in [0.25, 0.3) is 21.5 Å². The van der Waals surface area contributed by atoms with Gasteiger partial charge in [0.1, 0.15) is 0 Å². The van der Waals surface area contributed by atoms with Gasteiger partial charge in [-0.2, -0.15) is 0 Å². The van der Waals surface area contributed by atoms with E-state index in [9.17, 15) is 4.79 Å². The van der Waals surface area contributed by atoms with Gasteiger partial charge in [-0.25, -0.2) is 0 Å². The van der Waals surface area contributed by atoms with Crippen LogP contribution in [0.5, 0.6) is 0 Å². The Morgan fingerprint density at radius 3 is 1.92 bits per heavy atom. The summed E-state index contributed by atoms with van der Waals surface area (Å²) in [6.07, 6.45) is 1.23. The van der Waals surface area contributed by atoms with E-state index in [2.05, 4.69) is 30.3 Å². The fourth-order valence-corrected chi connectivity index (χ4v) is 3.40. The minimum atomic E-state index is -0.587. The summed E-state index contributed by atoms with van der Waals surface area (Å²) in [6, 6.07) is 18.6. The lowest BCUT2D eigenvalue weighted by Gasteiger charge is -2.28. The Hall–Kier alpha value is -1.84. The number of fused-ring (bicyclic) bond motifs is 2. The minimum absolute atomic E-state index is 0.0337. The summed E-state index contributed by atoms with van der Waals surface area (Å²) in [4.78, 5) is 12.7. The molecule has 1 atom stereocenters. The van der Waals surface area contributed by atoms with Gasteiger partial charge in [-0.3, -0.25) is 4.79 Å². The summed E-state index contributed by atoms with van der Waals surface area (Å²) in [5.41, 5.74) is 0.562. The summed E-state index contributed by atoms with van der Waals surface area (Å²) >= 11 is 1.22. The number of ether oxygens (including phenoxy) is 1. The Morgan fingerprint density at radius 1 is 0.958 bits per heavy atom. The highest BCUT2D eigenvalue weighted by Crippen LogP contribution is 2.38. The van der Waals surface area contributed by atoms with Gasteiger partial charge in [-0.05, 0) is 54.6 Å². The number of hydrogen-bond acceptors (Lipinski definition) is 3. The Morgan fingerprint density at radius 2 is 1.46 bits per heavy atom. The molecule has 0 saturated heterocycles. The molecule has 0 aliphatic heterocycles. The van der Waals surface area contributed by atoms with Crippen molar-refractivity contribution in [2.24, 2.45) is 0 Å². The second-order valence-electron chi connectivity index (χ2n) is 6.87. The van der Waals surface area contributed by atoms with Crippen molar-refractivity contribution in [3.63, 3.8) is 0 Å². The lowest BCUT2D eigenvalue weighted by Crippen LogP contribution is -2.26.